The number of carbonyl (C=O) groups excluding carboxylic acids is 1. The van der Waals surface area contributed by atoms with Gasteiger partial charge in [0.25, 0.3) is 11.6 Å². The summed E-state index contributed by atoms with van der Waals surface area (Å²) >= 11 is 1.20. The third-order valence-corrected chi connectivity index (χ3v) is 6.12. The Bertz CT molecular complexity index is 1140. The molecule has 1 fully saturated rings. The first-order chi connectivity index (χ1) is 14.5. The first kappa shape index (κ1) is 20.0. The second kappa shape index (κ2) is 8.58. The number of rotatable bonds is 5. The van der Waals surface area contributed by atoms with E-state index in [4.69, 9.17) is 0 Å². The van der Waals surface area contributed by atoms with Crippen molar-refractivity contribution in [2.45, 2.75) is 19.3 Å². The first-order valence-corrected chi connectivity index (χ1v) is 10.4. The number of nitro groups is 1. The quantitative estimate of drug-likeness (QED) is 0.364. The molecule has 7 nitrogen and oxygen atoms in total. The van der Waals surface area contributed by atoms with E-state index in [0.29, 0.717) is 10.3 Å². The van der Waals surface area contributed by atoms with Gasteiger partial charge in [-0.2, -0.15) is 5.10 Å². The van der Waals surface area contributed by atoms with E-state index in [-0.39, 0.29) is 11.3 Å². The standard InChI is InChI=1S/C21H19FN4O3S/c22-18-12-16(25-8-2-1-3-9-25)5-4-14(18)13-23-24-21(27)20-11-15-10-17(26(28)29)6-7-19(15)30-20/h4-7,10-13H,1-3,8-9H2,(H,24,27)/b23-13-. The number of hydrazone groups is 1. The smallest absolute Gasteiger partial charge is 0.281 e. The second-order valence-corrected chi connectivity index (χ2v) is 8.13. The number of anilines is 1. The Labute approximate surface area is 176 Å². The molecule has 30 heavy (non-hydrogen) atoms. The highest BCUT2D eigenvalue weighted by molar-refractivity contribution is 7.20. The number of piperidine rings is 1. The normalized spacial score (nSPS) is 14.4. The summed E-state index contributed by atoms with van der Waals surface area (Å²) in [5, 5.41) is 15.3. The van der Waals surface area contributed by atoms with Gasteiger partial charge in [-0.25, -0.2) is 9.82 Å². The van der Waals surface area contributed by atoms with E-state index in [2.05, 4.69) is 15.4 Å². The monoisotopic (exact) mass is 426 g/mol. The van der Waals surface area contributed by atoms with E-state index in [1.165, 1.54) is 42.2 Å². The topological polar surface area (TPSA) is 87.8 Å². The van der Waals surface area contributed by atoms with Crippen LogP contribution in [0.3, 0.4) is 0 Å². The highest BCUT2D eigenvalue weighted by Crippen LogP contribution is 2.29. The van der Waals surface area contributed by atoms with Crippen LogP contribution in [0.4, 0.5) is 15.8 Å². The summed E-state index contributed by atoms with van der Waals surface area (Å²) in [7, 11) is 0. The highest BCUT2D eigenvalue weighted by Gasteiger charge is 2.14. The second-order valence-electron chi connectivity index (χ2n) is 7.04. The molecule has 154 valence electrons. The SMILES string of the molecule is O=C(N/N=C\c1ccc(N2CCCCC2)cc1F)c1cc2cc([N+](=O)[O-])ccc2s1. The zero-order chi connectivity index (χ0) is 21.1. The van der Waals surface area contributed by atoms with Gasteiger partial charge in [-0.05, 0) is 49.6 Å². The van der Waals surface area contributed by atoms with Gasteiger partial charge in [0.1, 0.15) is 5.82 Å². The maximum absolute atomic E-state index is 14.4. The minimum Gasteiger partial charge on any atom is -0.371 e. The van der Waals surface area contributed by atoms with Gasteiger partial charge in [0.05, 0.1) is 16.0 Å². The average Bonchev–Trinajstić information content (AvgIpc) is 3.19. The fraction of sp³-hybridized carbons (Fsp3) is 0.238. The lowest BCUT2D eigenvalue weighted by molar-refractivity contribution is -0.384. The van der Waals surface area contributed by atoms with E-state index in [9.17, 15) is 19.3 Å². The van der Waals surface area contributed by atoms with Crippen LogP contribution in [0.15, 0.2) is 47.6 Å². The molecule has 1 N–H and O–H groups in total. The van der Waals surface area contributed by atoms with Crippen LogP contribution in [0.1, 0.15) is 34.5 Å². The Morgan fingerprint density at radius 1 is 1.17 bits per heavy atom. The predicted octanol–water partition coefficient (Wildman–Crippen LogP) is 4.70. The summed E-state index contributed by atoms with van der Waals surface area (Å²) in [6.07, 6.45) is 4.70. The summed E-state index contributed by atoms with van der Waals surface area (Å²) in [5.74, 6) is -0.856. The number of non-ortho nitro benzene ring substituents is 1. The van der Waals surface area contributed by atoms with Crippen LogP contribution in [0.25, 0.3) is 10.1 Å². The van der Waals surface area contributed by atoms with Crippen LogP contribution < -0.4 is 10.3 Å². The molecule has 1 aromatic heterocycles. The summed E-state index contributed by atoms with van der Waals surface area (Å²) in [6.45, 7) is 1.86. The number of hydrogen-bond acceptors (Lipinski definition) is 6. The predicted molar refractivity (Wildman–Crippen MR) is 116 cm³/mol. The molecule has 0 spiro atoms. The molecule has 3 aromatic rings. The van der Waals surface area contributed by atoms with Crippen molar-refractivity contribution in [3.8, 4) is 0 Å². The van der Waals surface area contributed by atoms with Crippen LogP contribution in [-0.4, -0.2) is 30.1 Å². The van der Waals surface area contributed by atoms with Crippen molar-refractivity contribution in [2.75, 3.05) is 18.0 Å². The molecule has 0 atom stereocenters. The molecule has 1 aliphatic heterocycles. The molecule has 1 aliphatic rings. The molecule has 0 unspecified atom stereocenters. The number of nitrogens with one attached hydrogen (secondary N) is 1. The summed E-state index contributed by atoms with van der Waals surface area (Å²) in [6, 6.07) is 11.0. The molecular weight excluding hydrogens is 407 g/mol. The molecule has 2 aromatic carbocycles. The van der Waals surface area contributed by atoms with E-state index < -0.39 is 16.6 Å². The number of fused-ring (bicyclic) bond motifs is 1. The largest absolute Gasteiger partial charge is 0.371 e. The minimum absolute atomic E-state index is 0.0336. The lowest BCUT2D eigenvalue weighted by Gasteiger charge is -2.28. The number of benzene rings is 2. The molecule has 1 saturated heterocycles. The molecule has 0 bridgehead atoms. The van der Waals surface area contributed by atoms with Gasteiger partial charge in [-0.1, -0.05) is 0 Å². The van der Waals surface area contributed by atoms with Crippen LogP contribution in [0, 0.1) is 15.9 Å². The first-order valence-electron chi connectivity index (χ1n) is 9.57. The van der Waals surface area contributed by atoms with E-state index in [1.807, 2.05) is 6.07 Å². The molecule has 2 heterocycles. The van der Waals surface area contributed by atoms with Crippen molar-refractivity contribution in [1.82, 2.24) is 5.43 Å². The zero-order valence-corrected chi connectivity index (χ0v) is 16.8. The van der Waals surface area contributed by atoms with Crippen molar-refractivity contribution < 1.29 is 14.1 Å². The number of hydrogen-bond donors (Lipinski definition) is 1. The van der Waals surface area contributed by atoms with E-state index in [0.717, 1.165) is 36.3 Å². The summed E-state index contributed by atoms with van der Waals surface area (Å²) in [5.41, 5.74) is 3.48. The van der Waals surface area contributed by atoms with Gasteiger partial charge in [-0.3, -0.25) is 14.9 Å². The van der Waals surface area contributed by atoms with Gasteiger partial charge in [-0.15, -0.1) is 11.3 Å². The van der Waals surface area contributed by atoms with Gasteiger partial charge < -0.3 is 4.90 Å². The lowest BCUT2D eigenvalue weighted by atomic mass is 10.1. The third-order valence-electron chi connectivity index (χ3n) is 5.01. The van der Waals surface area contributed by atoms with Crippen molar-refractivity contribution in [2.24, 2.45) is 5.10 Å². The number of amides is 1. The molecule has 9 heteroatoms. The molecule has 1 amide bonds. The maximum atomic E-state index is 14.4. The van der Waals surface area contributed by atoms with Crippen molar-refractivity contribution >= 4 is 44.9 Å². The fourth-order valence-electron chi connectivity index (χ4n) is 3.44. The van der Waals surface area contributed by atoms with Crippen molar-refractivity contribution in [3.05, 3.63) is 68.8 Å². The molecule has 4 rings (SSSR count). The van der Waals surface area contributed by atoms with Crippen LogP contribution in [0.2, 0.25) is 0 Å². The van der Waals surface area contributed by atoms with Gasteiger partial charge in [0.15, 0.2) is 0 Å². The Balaban J connectivity index is 1.43. The van der Waals surface area contributed by atoms with Crippen LogP contribution >= 0.6 is 11.3 Å². The lowest BCUT2D eigenvalue weighted by Crippen LogP contribution is -2.29. The average molecular weight is 426 g/mol. The molecular formula is C21H19FN4O3S. The fourth-order valence-corrected chi connectivity index (χ4v) is 4.37. The summed E-state index contributed by atoms with van der Waals surface area (Å²) in [4.78, 5) is 25.2. The molecule has 0 aliphatic carbocycles. The molecule has 0 radical (unpaired) electrons. The zero-order valence-electron chi connectivity index (χ0n) is 16.0. The third kappa shape index (κ3) is 4.30. The van der Waals surface area contributed by atoms with Crippen LogP contribution in [-0.2, 0) is 0 Å². The van der Waals surface area contributed by atoms with Crippen molar-refractivity contribution in [3.63, 3.8) is 0 Å². The van der Waals surface area contributed by atoms with Gasteiger partial charge in [0.2, 0.25) is 0 Å². The minimum atomic E-state index is -0.480. The Kier molecular flexibility index (Phi) is 5.71. The van der Waals surface area contributed by atoms with Gasteiger partial charge in [0, 0.05) is 46.6 Å². The Hall–Kier alpha value is -3.33. The number of halogens is 1. The van der Waals surface area contributed by atoms with Crippen LogP contribution in [0.5, 0.6) is 0 Å². The highest BCUT2D eigenvalue weighted by atomic mass is 32.1. The number of nitrogens with zero attached hydrogens (tertiary/aromatic N) is 3. The Morgan fingerprint density at radius 3 is 2.70 bits per heavy atom. The Morgan fingerprint density at radius 2 is 1.97 bits per heavy atom. The number of thiophene rings is 1. The number of nitro benzene ring substituents is 1. The maximum Gasteiger partial charge on any atom is 0.281 e. The van der Waals surface area contributed by atoms with E-state index in [1.54, 1.807) is 18.2 Å². The van der Waals surface area contributed by atoms with Gasteiger partial charge >= 0.3 is 0 Å². The molecule has 0 saturated carbocycles. The van der Waals surface area contributed by atoms with Crippen molar-refractivity contribution in [1.29, 1.82) is 0 Å². The number of carbonyl (C=O) groups is 1. The summed E-state index contributed by atoms with van der Waals surface area (Å²) < 4.78 is 15.2. The van der Waals surface area contributed by atoms with E-state index >= 15 is 0 Å².